The summed E-state index contributed by atoms with van der Waals surface area (Å²) in [5.74, 6) is 0. The van der Waals surface area contributed by atoms with Gasteiger partial charge in [-0.2, -0.15) is 23.5 Å². The van der Waals surface area contributed by atoms with E-state index in [9.17, 15) is 13.2 Å². The van der Waals surface area contributed by atoms with E-state index in [4.69, 9.17) is 16.9 Å². The van der Waals surface area contributed by atoms with Crippen molar-refractivity contribution in [1.82, 2.24) is 9.78 Å². The zero-order chi connectivity index (χ0) is 14.2. The van der Waals surface area contributed by atoms with Gasteiger partial charge in [0.2, 0.25) is 0 Å². The smallest absolute Gasteiger partial charge is 0.220 e. The molecule has 19 heavy (non-hydrogen) atoms. The summed E-state index contributed by atoms with van der Waals surface area (Å²) in [6.07, 6.45) is -4.72. The molecule has 1 aromatic heterocycles. The molecule has 0 radical (unpaired) electrons. The van der Waals surface area contributed by atoms with E-state index in [1.54, 1.807) is 24.3 Å². The number of benzene rings is 1. The van der Waals surface area contributed by atoms with Crippen molar-refractivity contribution in [1.29, 1.82) is 5.26 Å². The topological polar surface area (TPSA) is 41.6 Å². The Kier molecular flexibility index (Phi) is 3.25. The lowest BCUT2D eigenvalue weighted by Gasteiger charge is -2.03. The summed E-state index contributed by atoms with van der Waals surface area (Å²) in [6, 6.07) is 8.02. The molecule has 0 saturated carbocycles. The summed E-state index contributed by atoms with van der Waals surface area (Å²) in [6.45, 7) is 1.84. The van der Waals surface area contributed by atoms with Crippen molar-refractivity contribution in [2.45, 2.75) is 13.1 Å². The Labute approximate surface area is 111 Å². The number of hydrogen-bond donors (Lipinski definition) is 0. The van der Waals surface area contributed by atoms with Crippen molar-refractivity contribution in [2.24, 2.45) is 0 Å². The maximum atomic E-state index is 12.7. The van der Waals surface area contributed by atoms with Crippen LogP contribution in [0, 0.1) is 18.3 Å². The highest BCUT2D eigenvalue weighted by molar-refractivity contribution is 6.31. The third-order valence-electron chi connectivity index (χ3n) is 2.49. The average molecular weight is 286 g/mol. The molecule has 7 heteroatoms. The van der Waals surface area contributed by atoms with Gasteiger partial charge in [0.15, 0.2) is 10.8 Å². The van der Waals surface area contributed by atoms with Crippen molar-refractivity contribution in [2.75, 3.05) is 0 Å². The van der Waals surface area contributed by atoms with Gasteiger partial charge in [-0.15, -0.1) is 0 Å². The first kappa shape index (κ1) is 13.4. The zero-order valence-corrected chi connectivity index (χ0v) is 10.4. The van der Waals surface area contributed by atoms with E-state index in [2.05, 4.69) is 5.10 Å². The minimum absolute atomic E-state index is 0.348. The van der Waals surface area contributed by atoms with E-state index in [0.29, 0.717) is 5.69 Å². The standard InChI is InChI=1S/C12H7ClF3N3/c1-7-2-4-8(5-3-7)19-11(13)9(6-17)10(18-19)12(14,15)16/h2-5H,1H3. The third-order valence-corrected chi connectivity index (χ3v) is 2.84. The van der Waals surface area contributed by atoms with Crippen molar-refractivity contribution in [3.8, 4) is 11.8 Å². The molecule has 98 valence electrons. The van der Waals surface area contributed by atoms with E-state index in [1.807, 2.05) is 6.92 Å². The molecule has 0 aliphatic carbocycles. The van der Waals surface area contributed by atoms with Crippen LogP contribution in [0.4, 0.5) is 13.2 Å². The molecule has 0 aliphatic heterocycles. The van der Waals surface area contributed by atoms with E-state index >= 15 is 0 Å². The molecule has 3 nitrogen and oxygen atoms in total. The van der Waals surface area contributed by atoms with Crippen LogP contribution in [0.2, 0.25) is 5.15 Å². The van der Waals surface area contributed by atoms with Gasteiger partial charge >= 0.3 is 6.18 Å². The molecule has 0 saturated heterocycles. The van der Waals surface area contributed by atoms with Crippen LogP contribution in [-0.2, 0) is 6.18 Å². The second kappa shape index (κ2) is 4.59. The van der Waals surface area contributed by atoms with Crippen LogP contribution >= 0.6 is 11.6 Å². The summed E-state index contributed by atoms with van der Waals surface area (Å²) in [4.78, 5) is 0. The average Bonchev–Trinajstić information content (AvgIpc) is 2.67. The summed E-state index contributed by atoms with van der Waals surface area (Å²) in [7, 11) is 0. The zero-order valence-electron chi connectivity index (χ0n) is 9.66. The first-order chi connectivity index (χ1) is 8.84. The lowest BCUT2D eigenvalue weighted by atomic mass is 10.2. The van der Waals surface area contributed by atoms with E-state index in [-0.39, 0.29) is 5.15 Å². The van der Waals surface area contributed by atoms with Gasteiger partial charge in [-0.25, -0.2) is 4.68 Å². The molecule has 0 bridgehead atoms. The number of halogens is 4. The fourth-order valence-electron chi connectivity index (χ4n) is 1.55. The summed E-state index contributed by atoms with van der Waals surface area (Å²) in [5, 5.41) is 11.8. The highest BCUT2D eigenvalue weighted by Crippen LogP contribution is 2.35. The minimum atomic E-state index is -4.72. The summed E-state index contributed by atoms with van der Waals surface area (Å²) in [5.41, 5.74) is -0.638. The maximum Gasteiger partial charge on any atom is 0.436 e. The van der Waals surface area contributed by atoms with Gasteiger partial charge in [-0.05, 0) is 19.1 Å². The second-order valence-electron chi connectivity index (χ2n) is 3.87. The van der Waals surface area contributed by atoms with Crippen molar-refractivity contribution < 1.29 is 13.2 Å². The number of nitriles is 1. The quantitative estimate of drug-likeness (QED) is 0.801. The van der Waals surface area contributed by atoms with E-state index in [0.717, 1.165) is 10.2 Å². The van der Waals surface area contributed by atoms with Crippen LogP contribution < -0.4 is 0 Å². The Morgan fingerprint density at radius 2 is 1.84 bits per heavy atom. The lowest BCUT2D eigenvalue weighted by molar-refractivity contribution is -0.141. The Bertz CT molecular complexity index is 651. The Morgan fingerprint density at radius 3 is 2.26 bits per heavy atom. The molecule has 0 atom stereocenters. The number of nitrogens with zero attached hydrogens (tertiary/aromatic N) is 3. The van der Waals surface area contributed by atoms with Crippen molar-refractivity contribution in [3.63, 3.8) is 0 Å². The van der Waals surface area contributed by atoms with E-state index in [1.165, 1.54) is 6.07 Å². The van der Waals surface area contributed by atoms with Crippen LogP contribution in [-0.4, -0.2) is 9.78 Å². The first-order valence-electron chi connectivity index (χ1n) is 5.17. The summed E-state index contributed by atoms with van der Waals surface area (Å²) < 4.78 is 39.1. The molecule has 2 rings (SSSR count). The van der Waals surface area contributed by atoms with Gasteiger partial charge in [0, 0.05) is 0 Å². The van der Waals surface area contributed by atoms with E-state index < -0.39 is 17.4 Å². The number of alkyl halides is 3. The molecular formula is C12H7ClF3N3. The van der Waals surface area contributed by atoms with Gasteiger partial charge in [-0.3, -0.25) is 0 Å². The lowest BCUT2D eigenvalue weighted by Crippen LogP contribution is -2.08. The van der Waals surface area contributed by atoms with Crippen LogP contribution in [0.15, 0.2) is 24.3 Å². The molecule has 0 amide bonds. The van der Waals surface area contributed by atoms with Crippen LogP contribution in [0.25, 0.3) is 5.69 Å². The molecule has 1 heterocycles. The highest BCUT2D eigenvalue weighted by Gasteiger charge is 2.39. The van der Waals surface area contributed by atoms with Crippen LogP contribution in [0.3, 0.4) is 0 Å². The molecular weight excluding hydrogens is 279 g/mol. The van der Waals surface area contributed by atoms with Gasteiger partial charge in [0.25, 0.3) is 0 Å². The fraction of sp³-hybridized carbons (Fsp3) is 0.167. The number of aromatic nitrogens is 2. The maximum absolute atomic E-state index is 12.7. The number of hydrogen-bond acceptors (Lipinski definition) is 2. The molecule has 2 aromatic rings. The largest absolute Gasteiger partial charge is 0.436 e. The summed E-state index contributed by atoms with van der Waals surface area (Å²) >= 11 is 5.79. The van der Waals surface area contributed by atoms with Gasteiger partial charge in [0.05, 0.1) is 5.69 Å². The molecule has 0 N–H and O–H groups in total. The first-order valence-corrected chi connectivity index (χ1v) is 5.55. The number of aryl methyl sites for hydroxylation is 1. The third kappa shape index (κ3) is 2.42. The van der Waals surface area contributed by atoms with Crippen molar-refractivity contribution in [3.05, 3.63) is 46.2 Å². The van der Waals surface area contributed by atoms with Crippen LogP contribution in [0.1, 0.15) is 16.8 Å². The molecule has 0 aliphatic rings. The molecule has 1 aromatic carbocycles. The van der Waals surface area contributed by atoms with Crippen LogP contribution in [0.5, 0.6) is 0 Å². The molecule has 0 spiro atoms. The van der Waals surface area contributed by atoms with Gasteiger partial charge in [0.1, 0.15) is 11.6 Å². The van der Waals surface area contributed by atoms with Gasteiger partial charge in [-0.1, -0.05) is 29.3 Å². The SMILES string of the molecule is Cc1ccc(-n2nc(C(F)(F)F)c(C#N)c2Cl)cc1. The Hall–Kier alpha value is -2.00. The fourth-order valence-corrected chi connectivity index (χ4v) is 1.82. The monoisotopic (exact) mass is 285 g/mol. The minimum Gasteiger partial charge on any atom is -0.220 e. The van der Waals surface area contributed by atoms with Crippen molar-refractivity contribution >= 4 is 11.6 Å². The molecule has 0 unspecified atom stereocenters. The Morgan fingerprint density at radius 1 is 1.26 bits per heavy atom. The highest BCUT2D eigenvalue weighted by atomic mass is 35.5. The predicted octanol–water partition coefficient (Wildman–Crippen LogP) is 3.72. The second-order valence-corrected chi connectivity index (χ2v) is 4.23. The normalized spacial score (nSPS) is 11.4. The predicted molar refractivity (Wildman–Crippen MR) is 63.0 cm³/mol. The molecule has 0 fully saturated rings. The van der Waals surface area contributed by atoms with Gasteiger partial charge < -0.3 is 0 Å². The number of rotatable bonds is 1. The Balaban J connectivity index is 2.64.